The Morgan fingerprint density at radius 1 is 1.27 bits per heavy atom. The highest BCUT2D eigenvalue weighted by molar-refractivity contribution is 6.01. The van der Waals surface area contributed by atoms with E-state index in [0.717, 1.165) is 12.8 Å². The number of ether oxygens (including phenoxy) is 2. The maximum Gasteiger partial charge on any atom is 0.303 e. The highest BCUT2D eigenvalue weighted by Gasteiger charge is 2.80. The standard InChI is InChI=1S/C24H29FO5/c1-12-7-15-16-9-18(25)17-8-14(27)5-6-23(17,4)24(16)20(30-24)10-22(15,3)21(12)19(28)11-29-13(2)26/h5-6,8,12,15-16,18,20-21H,7,9-11H2,1-4H3/t12-,15-,16+,18+,20+,21+,22-,23-,24-/m1/s1. The number of carbonyl (C=O) groups excluding carboxylic acids is 3. The van der Waals surface area contributed by atoms with E-state index in [1.807, 2.05) is 13.0 Å². The summed E-state index contributed by atoms with van der Waals surface area (Å²) in [5.74, 6) is -0.603. The van der Waals surface area contributed by atoms with Crippen molar-refractivity contribution in [2.75, 3.05) is 6.61 Å². The average Bonchev–Trinajstić information content (AvgIpc) is 3.31. The molecule has 5 nitrogen and oxygen atoms in total. The number of epoxide rings is 1. The lowest BCUT2D eigenvalue weighted by atomic mass is 9.47. The van der Waals surface area contributed by atoms with E-state index in [2.05, 4.69) is 13.8 Å². The highest BCUT2D eigenvalue weighted by Crippen LogP contribution is 2.76. The van der Waals surface area contributed by atoms with Gasteiger partial charge < -0.3 is 9.47 Å². The number of halogens is 1. The zero-order valence-electron chi connectivity index (χ0n) is 17.9. The molecule has 0 amide bonds. The van der Waals surface area contributed by atoms with Crippen LogP contribution in [-0.2, 0) is 23.9 Å². The number of ketones is 2. The van der Waals surface area contributed by atoms with Gasteiger partial charge in [-0.1, -0.05) is 19.9 Å². The molecule has 5 aliphatic rings. The van der Waals surface area contributed by atoms with Gasteiger partial charge in [-0.15, -0.1) is 0 Å². The summed E-state index contributed by atoms with van der Waals surface area (Å²) in [5.41, 5.74) is -0.877. The summed E-state index contributed by atoms with van der Waals surface area (Å²) in [4.78, 5) is 36.2. The lowest BCUT2D eigenvalue weighted by Crippen LogP contribution is -2.59. The first-order valence-electron chi connectivity index (χ1n) is 11.0. The number of hydrogen-bond donors (Lipinski definition) is 0. The molecule has 4 fully saturated rings. The van der Waals surface area contributed by atoms with Gasteiger partial charge in [0, 0.05) is 18.3 Å². The van der Waals surface area contributed by atoms with Gasteiger partial charge in [0.05, 0.1) is 6.10 Å². The summed E-state index contributed by atoms with van der Waals surface area (Å²) in [5, 5.41) is 0. The van der Waals surface area contributed by atoms with Gasteiger partial charge in [0.2, 0.25) is 0 Å². The molecule has 0 radical (unpaired) electrons. The van der Waals surface area contributed by atoms with E-state index in [0.29, 0.717) is 12.0 Å². The van der Waals surface area contributed by atoms with Crippen LogP contribution >= 0.6 is 0 Å². The molecule has 0 unspecified atom stereocenters. The van der Waals surface area contributed by atoms with Crippen molar-refractivity contribution in [3.63, 3.8) is 0 Å². The fraction of sp³-hybridized carbons (Fsp3) is 0.708. The molecule has 1 spiro atoms. The molecule has 1 heterocycles. The van der Waals surface area contributed by atoms with Crippen LogP contribution in [0, 0.1) is 34.5 Å². The zero-order valence-corrected chi connectivity index (χ0v) is 17.9. The number of allylic oxidation sites excluding steroid dienone is 2. The van der Waals surface area contributed by atoms with Crippen LogP contribution < -0.4 is 0 Å². The maximum absolute atomic E-state index is 15.4. The molecule has 4 aliphatic carbocycles. The van der Waals surface area contributed by atoms with Gasteiger partial charge in [-0.05, 0) is 67.1 Å². The molecule has 1 saturated heterocycles. The number of fused-ring (bicyclic) bond motifs is 3. The van der Waals surface area contributed by atoms with Crippen molar-refractivity contribution >= 4 is 17.5 Å². The Morgan fingerprint density at radius 3 is 2.70 bits per heavy atom. The molecular formula is C24H29FO5. The summed E-state index contributed by atoms with van der Waals surface area (Å²) in [6.45, 7) is 7.34. The molecule has 9 atom stereocenters. The summed E-state index contributed by atoms with van der Waals surface area (Å²) >= 11 is 0. The van der Waals surface area contributed by atoms with Gasteiger partial charge in [0.15, 0.2) is 11.6 Å². The van der Waals surface area contributed by atoms with E-state index in [4.69, 9.17) is 9.47 Å². The van der Waals surface area contributed by atoms with Crippen LogP contribution in [0.3, 0.4) is 0 Å². The van der Waals surface area contributed by atoms with Crippen LogP contribution in [0.2, 0.25) is 0 Å². The Bertz CT molecular complexity index is 907. The van der Waals surface area contributed by atoms with Crippen molar-refractivity contribution in [1.82, 2.24) is 0 Å². The summed E-state index contributed by atoms with van der Waals surface area (Å²) in [6.07, 6.45) is 5.52. The fourth-order valence-corrected chi connectivity index (χ4v) is 7.95. The monoisotopic (exact) mass is 416 g/mol. The molecule has 0 aromatic rings. The van der Waals surface area contributed by atoms with Gasteiger partial charge >= 0.3 is 5.97 Å². The Kier molecular flexibility index (Phi) is 4.10. The van der Waals surface area contributed by atoms with Gasteiger partial charge in [0.25, 0.3) is 0 Å². The number of rotatable bonds is 3. The largest absolute Gasteiger partial charge is 0.458 e. The topological polar surface area (TPSA) is 73.0 Å². The first kappa shape index (κ1) is 20.1. The lowest BCUT2D eigenvalue weighted by Gasteiger charge is -2.55. The first-order valence-corrected chi connectivity index (χ1v) is 11.0. The third kappa shape index (κ3) is 2.34. The summed E-state index contributed by atoms with van der Waals surface area (Å²) in [6, 6.07) is 0. The third-order valence-corrected chi connectivity index (χ3v) is 9.03. The van der Waals surface area contributed by atoms with Gasteiger partial charge in [-0.2, -0.15) is 0 Å². The van der Waals surface area contributed by atoms with E-state index in [1.165, 1.54) is 13.0 Å². The van der Waals surface area contributed by atoms with Gasteiger partial charge in [-0.3, -0.25) is 14.4 Å². The van der Waals surface area contributed by atoms with Crippen molar-refractivity contribution in [1.29, 1.82) is 0 Å². The van der Waals surface area contributed by atoms with Crippen molar-refractivity contribution in [3.8, 4) is 0 Å². The van der Waals surface area contributed by atoms with E-state index in [9.17, 15) is 14.4 Å². The highest BCUT2D eigenvalue weighted by atomic mass is 19.1. The van der Waals surface area contributed by atoms with Gasteiger partial charge in [0.1, 0.15) is 18.4 Å². The quantitative estimate of drug-likeness (QED) is 0.521. The third-order valence-electron chi connectivity index (χ3n) is 9.03. The summed E-state index contributed by atoms with van der Waals surface area (Å²) < 4.78 is 26.8. The lowest BCUT2D eigenvalue weighted by molar-refractivity contribution is -0.149. The van der Waals surface area contributed by atoms with E-state index in [1.54, 1.807) is 6.08 Å². The second-order valence-corrected chi connectivity index (χ2v) is 10.5. The maximum atomic E-state index is 15.4. The van der Waals surface area contributed by atoms with Crippen LogP contribution in [0.25, 0.3) is 0 Å². The normalized spacial score (nSPS) is 50.6. The predicted octanol–water partition coefficient (Wildman–Crippen LogP) is 3.37. The Balaban J connectivity index is 1.51. The Morgan fingerprint density at radius 2 is 2.00 bits per heavy atom. The zero-order chi connectivity index (χ0) is 21.6. The van der Waals surface area contributed by atoms with Crippen molar-refractivity contribution in [2.24, 2.45) is 34.5 Å². The minimum absolute atomic E-state index is 0.00905. The minimum atomic E-state index is -1.18. The first-order chi connectivity index (χ1) is 14.0. The van der Waals surface area contributed by atoms with Crippen LogP contribution in [0.15, 0.2) is 23.8 Å². The molecule has 5 rings (SSSR count). The fourth-order valence-electron chi connectivity index (χ4n) is 7.95. The van der Waals surface area contributed by atoms with Crippen LogP contribution in [0.4, 0.5) is 4.39 Å². The van der Waals surface area contributed by atoms with Crippen molar-refractivity contribution < 1.29 is 28.2 Å². The van der Waals surface area contributed by atoms with E-state index < -0.39 is 23.2 Å². The second kappa shape index (κ2) is 6.12. The number of hydrogen-bond acceptors (Lipinski definition) is 5. The number of esters is 1. The Labute approximate surface area is 176 Å². The predicted molar refractivity (Wildman–Crippen MR) is 106 cm³/mol. The van der Waals surface area contributed by atoms with Crippen LogP contribution in [0.1, 0.15) is 47.0 Å². The van der Waals surface area contributed by atoms with Crippen molar-refractivity contribution in [3.05, 3.63) is 23.8 Å². The van der Waals surface area contributed by atoms with E-state index >= 15 is 4.39 Å². The van der Waals surface area contributed by atoms with Crippen LogP contribution in [0.5, 0.6) is 0 Å². The number of Topliss-reactive ketones (excluding diaryl/α,β-unsaturated/α-hetero) is 1. The molecular weight excluding hydrogens is 387 g/mol. The molecule has 162 valence electrons. The molecule has 30 heavy (non-hydrogen) atoms. The molecule has 0 N–H and O–H groups in total. The molecule has 0 aromatic heterocycles. The average molecular weight is 416 g/mol. The molecule has 0 bridgehead atoms. The van der Waals surface area contributed by atoms with Crippen molar-refractivity contribution in [2.45, 2.75) is 64.8 Å². The summed E-state index contributed by atoms with van der Waals surface area (Å²) in [7, 11) is 0. The smallest absolute Gasteiger partial charge is 0.303 e. The molecule has 0 aromatic carbocycles. The van der Waals surface area contributed by atoms with Crippen LogP contribution in [-0.4, -0.2) is 42.0 Å². The minimum Gasteiger partial charge on any atom is -0.458 e. The van der Waals surface area contributed by atoms with E-state index in [-0.39, 0.29) is 53.4 Å². The molecule has 1 aliphatic heterocycles. The number of alkyl halides is 1. The molecule has 6 heteroatoms. The Hall–Kier alpha value is -1.82. The number of carbonyl (C=O) groups is 3. The SMILES string of the molecule is CC(=O)OCC(=O)[C@@H]1[C@H](C)C[C@@H]2[C@@H]3C[C@H](F)C4=CC(=O)C=C[C@@]4(C)[C@@]34O[C@H]4C[C@]21C. The second-order valence-electron chi connectivity index (χ2n) is 10.5. The van der Waals surface area contributed by atoms with Gasteiger partial charge in [-0.25, -0.2) is 4.39 Å². The molecule has 3 saturated carbocycles.